The summed E-state index contributed by atoms with van der Waals surface area (Å²) in [6, 6.07) is 8.29. The van der Waals surface area contributed by atoms with Crippen molar-refractivity contribution in [3.63, 3.8) is 0 Å². The molecule has 2 N–H and O–H groups in total. The molecule has 0 saturated carbocycles. The number of nitrogens with two attached hydrogens (primary N) is 1. The summed E-state index contributed by atoms with van der Waals surface area (Å²) in [5.74, 6) is -0.638. The molecule has 2 aromatic rings. The molecule has 0 bridgehead atoms. The van der Waals surface area contributed by atoms with Gasteiger partial charge in [0.05, 0.1) is 5.56 Å². The second-order valence-corrected chi connectivity index (χ2v) is 8.48. The van der Waals surface area contributed by atoms with Crippen LogP contribution < -0.4 is 5.73 Å². The molecule has 0 aliphatic carbocycles. The van der Waals surface area contributed by atoms with Gasteiger partial charge in [0.2, 0.25) is 5.91 Å². The number of ether oxygens (including phenoxy) is 1. The van der Waals surface area contributed by atoms with Gasteiger partial charge in [0, 0.05) is 4.88 Å². The third kappa shape index (κ3) is 6.06. The van der Waals surface area contributed by atoms with Gasteiger partial charge in [-0.1, -0.05) is 43.9 Å². The highest BCUT2D eigenvalue weighted by Gasteiger charge is 2.47. The summed E-state index contributed by atoms with van der Waals surface area (Å²) in [5.41, 5.74) is 5.28. The minimum absolute atomic E-state index is 0.242. The standard InChI is InChI=1S/C22H26F3NO2S/c23-22(24,25)18-13-7-12-17(19-20(28-19)21(26)27)16(18)11-6-4-2-1-3-5-9-15-10-8-14-29-15/h7-8,10,12-14,19-20H,1-6,9,11H2,(H2,26,27)/t19-,20+/m0/s1. The number of carbonyl (C=O) groups is 1. The van der Waals surface area contributed by atoms with Gasteiger partial charge in [-0.3, -0.25) is 4.79 Å². The van der Waals surface area contributed by atoms with E-state index in [1.54, 1.807) is 17.4 Å². The quantitative estimate of drug-likeness (QED) is 0.364. The first-order valence-electron chi connectivity index (χ1n) is 10.0. The number of unbranched alkanes of at least 4 members (excludes halogenated alkanes) is 5. The molecule has 3 nitrogen and oxygen atoms in total. The van der Waals surface area contributed by atoms with E-state index >= 15 is 0 Å². The van der Waals surface area contributed by atoms with Crippen LogP contribution in [0.5, 0.6) is 0 Å². The Morgan fingerprint density at radius 2 is 1.69 bits per heavy atom. The number of aryl methyl sites for hydroxylation is 1. The van der Waals surface area contributed by atoms with Crippen LogP contribution in [0, 0.1) is 0 Å². The van der Waals surface area contributed by atoms with E-state index in [1.165, 1.54) is 10.9 Å². The summed E-state index contributed by atoms with van der Waals surface area (Å²) in [7, 11) is 0. The number of hydrogen-bond acceptors (Lipinski definition) is 3. The summed E-state index contributed by atoms with van der Waals surface area (Å²) in [6.45, 7) is 0. The third-order valence-electron chi connectivity index (χ3n) is 5.28. The van der Waals surface area contributed by atoms with E-state index in [1.807, 2.05) is 0 Å². The molecule has 158 valence electrons. The molecule has 1 fully saturated rings. The Balaban J connectivity index is 1.49. The van der Waals surface area contributed by atoms with Crippen LogP contribution in [0.25, 0.3) is 0 Å². The fraction of sp³-hybridized carbons (Fsp3) is 0.500. The number of epoxide rings is 1. The SMILES string of the molecule is NC(=O)[C@@H]1O[C@H]1c1cccc(C(F)(F)F)c1CCCCCCCCc1cccs1. The topological polar surface area (TPSA) is 55.6 Å². The number of benzene rings is 1. The van der Waals surface area contributed by atoms with Crippen molar-refractivity contribution in [1.29, 1.82) is 0 Å². The maximum Gasteiger partial charge on any atom is 0.416 e. The first-order valence-corrected chi connectivity index (χ1v) is 10.9. The van der Waals surface area contributed by atoms with Crippen molar-refractivity contribution in [2.45, 2.75) is 69.8 Å². The van der Waals surface area contributed by atoms with E-state index < -0.39 is 29.9 Å². The monoisotopic (exact) mass is 425 g/mol. The van der Waals surface area contributed by atoms with Crippen LogP contribution in [0.15, 0.2) is 35.7 Å². The predicted octanol–water partition coefficient (Wildman–Crippen LogP) is 5.82. The molecule has 0 unspecified atom stereocenters. The fourth-order valence-electron chi connectivity index (χ4n) is 3.74. The molecule has 0 radical (unpaired) electrons. The van der Waals surface area contributed by atoms with Crippen LogP contribution in [0.4, 0.5) is 13.2 Å². The van der Waals surface area contributed by atoms with Gasteiger partial charge in [-0.05, 0) is 54.3 Å². The molecule has 1 amide bonds. The molecule has 29 heavy (non-hydrogen) atoms. The van der Waals surface area contributed by atoms with E-state index in [4.69, 9.17) is 10.5 Å². The van der Waals surface area contributed by atoms with E-state index in [0.29, 0.717) is 18.4 Å². The Bertz CT molecular complexity index is 805. The average molecular weight is 426 g/mol. The van der Waals surface area contributed by atoms with Crippen LogP contribution in [0.1, 0.15) is 66.2 Å². The fourth-order valence-corrected chi connectivity index (χ4v) is 4.50. The van der Waals surface area contributed by atoms with Gasteiger partial charge < -0.3 is 10.5 Å². The van der Waals surface area contributed by atoms with Gasteiger partial charge in [0.1, 0.15) is 6.10 Å². The van der Waals surface area contributed by atoms with E-state index in [0.717, 1.165) is 44.6 Å². The van der Waals surface area contributed by atoms with Crippen molar-refractivity contribution in [1.82, 2.24) is 0 Å². The molecule has 1 aliphatic rings. The van der Waals surface area contributed by atoms with E-state index in [2.05, 4.69) is 17.5 Å². The van der Waals surface area contributed by atoms with Crippen molar-refractivity contribution in [3.05, 3.63) is 57.3 Å². The molecule has 1 aromatic heterocycles. The van der Waals surface area contributed by atoms with Gasteiger partial charge in [0.15, 0.2) is 6.10 Å². The van der Waals surface area contributed by atoms with Crippen LogP contribution in [-0.2, 0) is 28.5 Å². The molecule has 3 rings (SSSR count). The lowest BCUT2D eigenvalue weighted by molar-refractivity contribution is -0.138. The number of primary amides is 1. The molecule has 1 saturated heterocycles. The number of hydrogen-bond donors (Lipinski definition) is 1. The molecule has 1 aromatic carbocycles. The Labute approximate surface area is 173 Å². The molecular formula is C22H26F3NO2S. The highest BCUT2D eigenvalue weighted by Crippen LogP contribution is 2.44. The first-order chi connectivity index (χ1) is 13.9. The number of rotatable bonds is 11. The van der Waals surface area contributed by atoms with Crippen LogP contribution >= 0.6 is 11.3 Å². The average Bonchev–Trinajstić information content (AvgIpc) is 3.31. The second kappa shape index (κ2) is 9.76. The molecule has 0 spiro atoms. The predicted molar refractivity (Wildman–Crippen MR) is 108 cm³/mol. The lowest BCUT2D eigenvalue weighted by atomic mass is 9.92. The lowest BCUT2D eigenvalue weighted by Gasteiger charge is -2.16. The summed E-state index contributed by atoms with van der Waals surface area (Å²) in [6.07, 6.45) is 1.48. The summed E-state index contributed by atoms with van der Waals surface area (Å²) >= 11 is 1.78. The molecular weight excluding hydrogens is 399 g/mol. The Morgan fingerprint density at radius 3 is 2.28 bits per heavy atom. The van der Waals surface area contributed by atoms with Crippen LogP contribution in [0.3, 0.4) is 0 Å². The number of alkyl halides is 3. The zero-order chi connectivity index (χ0) is 20.9. The zero-order valence-corrected chi connectivity index (χ0v) is 17.0. The summed E-state index contributed by atoms with van der Waals surface area (Å²) in [5, 5.41) is 2.08. The highest BCUT2D eigenvalue weighted by molar-refractivity contribution is 7.09. The summed E-state index contributed by atoms with van der Waals surface area (Å²) in [4.78, 5) is 12.7. The van der Waals surface area contributed by atoms with Gasteiger partial charge in [-0.15, -0.1) is 11.3 Å². The Hall–Kier alpha value is -1.86. The van der Waals surface area contributed by atoms with Crippen LogP contribution in [0.2, 0.25) is 0 Å². The van der Waals surface area contributed by atoms with Crippen molar-refractivity contribution in [2.24, 2.45) is 5.73 Å². The van der Waals surface area contributed by atoms with Crippen molar-refractivity contribution in [3.8, 4) is 0 Å². The lowest BCUT2D eigenvalue weighted by Crippen LogP contribution is -2.19. The van der Waals surface area contributed by atoms with Crippen LogP contribution in [-0.4, -0.2) is 12.0 Å². The summed E-state index contributed by atoms with van der Waals surface area (Å²) < 4.78 is 45.6. The normalized spacial score (nSPS) is 18.7. The molecule has 2 heterocycles. The molecule has 1 aliphatic heterocycles. The Kier molecular flexibility index (Phi) is 7.35. The Morgan fingerprint density at radius 1 is 1.00 bits per heavy atom. The van der Waals surface area contributed by atoms with Crippen molar-refractivity contribution in [2.75, 3.05) is 0 Å². The smallest absolute Gasteiger partial charge is 0.367 e. The van der Waals surface area contributed by atoms with Crippen molar-refractivity contribution < 1.29 is 22.7 Å². The number of carbonyl (C=O) groups excluding carboxylic acids is 1. The highest BCUT2D eigenvalue weighted by atomic mass is 32.1. The maximum atomic E-state index is 13.5. The van der Waals surface area contributed by atoms with E-state index in [-0.39, 0.29) is 5.56 Å². The second-order valence-electron chi connectivity index (χ2n) is 7.45. The minimum Gasteiger partial charge on any atom is -0.367 e. The number of thiophene rings is 1. The molecule has 7 heteroatoms. The van der Waals surface area contributed by atoms with E-state index in [9.17, 15) is 18.0 Å². The number of amides is 1. The zero-order valence-electron chi connectivity index (χ0n) is 16.2. The molecule has 2 atom stereocenters. The number of halogens is 3. The maximum absolute atomic E-state index is 13.5. The largest absolute Gasteiger partial charge is 0.416 e. The van der Waals surface area contributed by atoms with Gasteiger partial charge in [-0.25, -0.2) is 0 Å². The minimum atomic E-state index is -4.43. The first kappa shape index (κ1) is 21.8. The van der Waals surface area contributed by atoms with Gasteiger partial charge in [0.25, 0.3) is 0 Å². The van der Waals surface area contributed by atoms with Gasteiger partial charge >= 0.3 is 6.18 Å². The van der Waals surface area contributed by atoms with Gasteiger partial charge in [-0.2, -0.15) is 13.2 Å². The van der Waals surface area contributed by atoms with Crippen molar-refractivity contribution >= 4 is 17.2 Å². The third-order valence-corrected chi connectivity index (χ3v) is 6.21.